The van der Waals surface area contributed by atoms with Gasteiger partial charge in [0, 0.05) is 36.5 Å². The van der Waals surface area contributed by atoms with Crippen molar-refractivity contribution >= 4 is 5.65 Å². The van der Waals surface area contributed by atoms with Gasteiger partial charge in [0.1, 0.15) is 17.7 Å². The maximum atomic E-state index is 14.1. The van der Waals surface area contributed by atoms with Crippen LogP contribution in [0.5, 0.6) is 0 Å². The summed E-state index contributed by atoms with van der Waals surface area (Å²) in [5.41, 5.74) is 3.18. The Hall–Kier alpha value is -3.09. The lowest BCUT2D eigenvalue weighted by Crippen LogP contribution is -2.09. The average molecular weight is 336 g/mol. The highest BCUT2D eigenvalue weighted by Crippen LogP contribution is 2.21. The van der Waals surface area contributed by atoms with Crippen LogP contribution in [0, 0.1) is 5.82 Å². The fourth-order valence-electron chi connectivity index (χ4n) is 2.99. The third kappa shape index (κ3) is 2.77. The molecule has 0 saturated carbocycles. The predicted molar refractivity (Wildman–Crippen MR) is 91.5 cm³/mol. The Balaban J connectivity index is 1.77. The van der Waals surface area contributed by atoms with Crippen molar-refractivity contribution in [3.8, 4) is 11.5 Å². The molecule has 25 heavy (non-hydrogen) atoms. The van der Waals surface area contributed by atoms with E-state index in [2.05, 4.69) is 26.9 Å². The van der Waals surface area contributed by atoms with E-state index in [4.69, 9.17) is 0 Å². The van der Waals surface area contributed by atoms with Gasteiger partial charge >= 0.3 is 0 Å². The van der Waals surface area contributed by atoms with Crippen LogP contribution >= 0.6 is 0 Å². The second kappa shape index (κ2) is 6.43. The van der Waals surface area contributed by atoms with Crippen molar-refractivity contribution in [1.82, 2.24) is 28.9 Å². The van der Waals surface area contributed by atoms with Crippen LogP contribution in [-0.4, -0.2) is 28.9 Å². The topological polar surface area (TPSA) is 60.9 Å². The molecule has 0 atom stereocenters. The molecule has 0 aliphatic heterocycles. The third-order valence-electron chi connectivity index (χ3n) is 4.13. The van der Waals surface area contributed by atoms with Crippen LogP contribution < -0.4 is 0 Å². The molecule has 0 N–H and O–H groups in total. The third-order valence-corrected chi connectivity index (χ3v) is 4.13. The van der Waals surface area contributed by atoms with E-state index < -0.39 is 0 Å². The Morgan fingerprint density at radius 1 is 1.04 bits per heavy atom. The smallest absolute Gasteiger partial charge is 0.162 e. The molecular weight excluding hydrogens is 319 g/mol. The van der Waals surface area contributed by atoms with Crippen LogP contribution in [0.25, 0.3) is 17.2 Å². The summed E-state index contributed by atoms with van der Waals surface area (Å²) in [7, 11) is 0. The number of aryl methyl sites for hydroxylation is 1. The van der Waals surface area contributed by atoms with Crippen LogP contribution in [0.15, 0.2) is 49.4 Å². The van der Waals surface area contributed by atoms with E-state index in [1.165, 1.54) is 6.07 Å². The summed E-state index contributed by atoms with van der Waals surface area (Å²) in [5, 5.41) is 0. The minimum Gasteiger partial charge on any atom is -0.324 e. The van der Waals surface area contributed by atoms with E-state index in [0.717, 1.165) is 29.7 Å². The van der Waals surface area contributed by atoms with Crippen molar-refractivity contribution in [2.24, 2.45) is 0 Å². The zero-order chi connectivity index (χ0) is 17.2. The van der Waals surface area contributed by atoms with Crippen molar-refractivity contribution < 1.29 is 4.39 Å². The van der Waals surface area contributed by atoms with Crippen molar-refractivity contribution in [2.45, 2.75) is 26.3 Å². The number of pyridine rings is 1. The van der Waals surface area contributed by atoms with Crippen LogP contribution in [0.1, 0.15) is 24.6 Å². The van der Waals surface area contributed by atoms with Gasteiger partial charge in [0.05, 0.1) is 12.2 Å². The van der Waals surface area contributed by atoms with Gasteiger partial charge in [-0.05, 0) is 18.6 Å². The summed E-state index contributed by atoms with van der Waals surface area (Å²) in [4.78, 5) is 17.4. The minimum atomic E-state index is -0.389. The van der Waals surface area contributed by atoms with Crippen molar-refractivity contribution in [3.05, 3.63) is 66.5 Å². The van der Waals surface area contributed by atoms with Crippen LogP contribution in [0.4, 0.5) is 4.39 Å². The normalized spacial score (nSPS) is 11.3. The number of rotatable bonds is 5. The van der Waals surface area contributed by atoms with Crippen molar-refractivity contribution in [3.63, 3.8) is 0 Å². The van der Waals surface area contributed by atoms with E-state index in [-0.39, 0.29) is 11.5 Å². The number of halogens is 1. The first-order valence-corrected chi connectivity index (χ1v) is 8.19. The molecule has 4 rings (SSSR count). The van der Waals surface area contributed by atoms with E-state index in [1.54, 1.807) is 31.0 Å². The van der Waals surface area contributed by atoms with E-state index in [9.17, 15) is 4.39 Å². The van der Waals surface area contributed by atoms with Gasteiger partial charge in [-0.1, -0.05) is 13.3 Å². The monoisotopic (exact) mass is 336 g/mol. The summed E-state index contributed by atoms with van der Waals surface area (Å²) in [6, 6.07) is 2.96. The molecule has 0 aromatic carbocycles. The van der Waals surface area contributed by atoms with Crippen LogP contribution in [-0.2, 0) is 13.0 Å². The van der Waals surface area contributed by atoms with Crippen LogP contribution in [0.2, 0.25) is 0 Å². The molecule has 6 nitrogen and oxygen atoms in total. The van der Waals surface area contributed by atoms with E-state index in [1.807, 2.05) is 21.4 Å². The molecule has 0 radical (unpaired) electrons. The van der Waals surface area contributed by atoms with Gasteiger partial charge in [0.2, 0.25) is 0 Å². The fourth-order valence-corrected chi connectivity index (χ4v) is 2.99. The zero-order valence-corrected chi connectivity index (χ0v) is 13.8. The van der Waals surface area contributed by atoms with Gasteiger partial charge in [-0.25, -0.2) is 24.3 Å². The zero-order valence-electron chi connectivity index (χ0n) is 13.8. The van der Waals surface area contributed by atoms with Crippen molar-refractivity contribution in [1.29, 1.82) is 0 Å². The minimum absolute atomic E-state index is 0.242. The van der Waals surface area contributed by atoms with Crippen LogP contribution in [0.3, 0.4) is 0 Å². The highest BCUT2D eigenvalue weighted by atomic mass is 19.1. The largest absolute Gasteiger partial charge is 0.324 e. The summed E-state index contributed by atoms with van der Waals surface area (Å²) in [6.45, 7) is 2.62. The first-order valence-electron chi connectivity index (χ1n) is 8.19. The Morgan fingerprint density at radius 2 is 1.92 bits per heavy atom. The van der Waals surface area contributed by atoms with E-state index >= 15 is 0 Å². The van der Waals surface area contributed by atoms with Gasteiger partial charge in [0.15, 0.2) is 11.6 Å². The molecule has 0 saturated heterocycles. The van der Waals surface area contributed by atoms with Gasteiger partial charge in [-0.2, -0.15) is 0 Å². The number of hydrogen-bond donors (Lipinski definition) is 0. The molecule has 4 aromatic rings. The number of imidazole rings is 2. The molecule has 0 bridgehead atoms. The lowest BCUT2D eigenvalue weighted by atomic mass is 10.1. The lowest BCUT2D eigenvalue weighted by Gasteiger charge is -2.12. The number of hydrogen-bond acceptors (Lipinski definition) is 4. The van der Waals surface area contributed by atoms with E-state index in [0.29, 0.717) is 12.4 Å². The highest BCUT2D eigenvalue weighted by Gasteiger charge is 2.16. The van der Waals surface area contributed by atoms with Crippen molar-refractivity contribution in [2.75, 3.05) is 0 Å². The summed E-state index contributed by atoms with van der Waals surface area (Å²) >= 11 is 0. The molecule has 0 unspecified atom stereocenters. The summed E-state index contributed by atoms with van der Waals surface area (Å²) in [5.74, 6) is 0.103. The Kier molecular flexibility index (Phi) is 3.97. The maximum absolute atomic E-state index is 14.1. The average Bonchev–Trinajstić information content (AvgIpc) is 3.27. The van der Waals surface area contributed by atoms with Gasteiger partial charge in [-0.3, -0.25) is 4.40 Å². The number of nitrogens with zero attached hydrogens (tertiary/aromatic N) is 6. The molecule has 0 spiro atoms. The fraction of sp³-hybridized carbons (Fsp3) is 0.222. The molecule has 4 aromatic heterocycles. The summed E-state index contributed by atoms with van der Waals surface area (Å²) < 4.78 is 17.9. The second-order valence-electron chi connectivity index (χ2n) is 5.79. The second-order valence-corrected chi connectivity index (χ2v) is 5.79. The number of fused-ring (bicyclic) bond motifs is 1. The first kappa shape index (κ1) is 15.4. The van der Waals surface area contributed by atoms with Gasteiger partial charge < -0.3 is 4.57 Å². The standard InChI is InChI=1S/C18H17FN6/c1-2-4-13-15(23-12-25-10-8-21-17(13)25)11-24-9-7-22-18(24)16-14(19)5-3-6-20-16/h3,5-10,12H,2,4,11H2,1H3. The Labute approximate surface area is 144 Å². The predicted octanol–water partition coefficient (Wildman–Crippen LogP) is 3.13. The highest BCUT2D eigenvalue weighted by molar-refractivity contribution is 5.52. The quantitative estimate of drug-likeness (QED) is 0.562. The number of aromatic nitrogens is 6. The van der Waals surface area contributed by atoms with Gasteiger partial charge in [-0.15, -0.1) is 0 Å². The molecule has 0 fully saturated rings. The first-order chi connectivity index (χ1) is 12.3. The summed E-state index contributed by atoms with van der Waals surface area (Å²) in [6.07, 6.45) is 12.3. The van der Waals surface area contributed by atoms with Gasteiger partial charge in [0.25, 0.3) is 0 Å². The SMILES string of the molecule is CCCc1c(Cn2ccnc2-c2ncccc2F)ncn2ccnc12. The Bertz CT molecular complexity index is 1020. The molecule has 4 heterocycles. The molecule has 126 valence electrons. The molecular formula is C18H17FN6. The maximum Gasteiger partial charge on any atom is 0.162 e. The Morgan fingerprint density at radius 3 is 2.76 bits per heavy atom. The molecule has 7 heteroatoms. The molecule has 0 amide bonds. The molecule has 0 aliphatic rings. The lowest BCUT2D eigenvalue weighted by molar-refractivity contribution is 0.621. The molecule has 0 aliphatic carbocycles.